The van der Waals surface area contributed by atoms with Crippen molar-refractivity contribution in [2.75, 3.05) is 0 Å². The topological polar surface area (TPSA) is 75.2 Å². The van der Waals surface area contributed by atoms with E-state index >= 15 is 0 Å². The van der Waals surface area contributed by atoms with Crippen LogP contribution in [0.5, 0.6) is 0 Å². The van der Waals surface area contributed by atoms with Gasteiger partial charge in [0.25, 0.3) is 0 Å². The van der Waals surface area contributed by atoms with Crippen molar-refractivity contribution < 1.29 is 14.6 Å². The third kappa shape index (κ3) is 3.65. The van der Waals surface area contributed by atoms with E-state index < -0.39 is 12.1 Å². The fourth-order valence-electron chi connectivity index (χ4n) is 2.89. The van der Waals surface area contributed by atoms with Crippen LogP contribution in [0.4, 0.5) is 0 Å². The van der Waals surface area contributed by atoms with E-state index in [0.717, 1.165) is 27.4 Å². The predicted molar refractivity (Wildman–Crippen MR) is 97.6 cm³/mol. The summed E-state index contributed by atoms with van der Waals surface area (Å²) in [6.45, 7) is 5.43. The quantitative estimate of drug-likeness (QED) is 0.673. The molecule has 0 saturated carbocycles. The molecule has 2 N–H and O–H groups in total. The number of aliphatic hydroxyl groups is 1. The molecule has 6 heteroatoms. The van der Waals surface area contributed by atoms with Crippen LogP contribution in [0, 0.1) is 13.8 Å². The highest BCUT2D eigenvalue weighted by Gasteiger charge is 2.21. The second-order valence-electron chi connectivity index (χ2n) is 5.93. The van der Waals surface area contributed by atoms with Gasteiger partial charge in [-0.1, -0.05) is 30.3 Å². The van der Waals surface area contributed by atoms with Crippen molar-refractivity contribution >= 4 is 17.3 Å². The molecular weight excluding hydrogens is 336 g/mol. The van der Waals surface area contributed by atoms with Crippen LogP contribution in [0.15, 0.2) is 35.7 Å². The number of aromatic amines is 1. The van der Waals surface area contributed by atoms with E-state index in [9.17, 15) is 9.90 Å². The van der Waals surface area contributed by atoms with E-state index in [2.05, 4.69) is 9.97 Å². The molecule has 1 aromatic carbocycles. The summed E-state index contributed by atoms with van der Waals surface area (Å²) >= 11 is 1.52. The van der Waals surface area contributed by atoms with Gasteiger partial charge in [-0.3, -0.25) is 0 Å². The van der Waals surface area contributed by atoms with Gasteiger partial charge in [0.2, 0.25) is 0 Å². The maximum absolute atomic E-state index is 12.3. The Bertz CT molecular complexity index is 881. The van der Waals surface area contributed by atoms with E-state index in [-0.39, 0.29) is 6.61 Å². The Hall–Kier alpha value is -2.44. The van der Waals surface area contributed by atoms with Crippen LogP contribution in [0.3, 0.4) is 0 Å². The molecular formula is C19H20N2O3S. The SMILES string of the molecule is Cc1[nH]c(C(=O)OCc2csc(-c3ccccc3)n2)c(C)c1[C@H](C)O. The Balaban J connectivity index is 1.69. The zero-order chi connectivity index (χ0) is 18.0. The third-order valence-corrected chi connectivity index (χ3v) is 4.98. The third-order valence-electron chi connectivity index (χ3n) is 4.04. The summed E-state index contributed by atoms with van der Waals surface area (Å²) in [5.74, 6) is -0.443. The highest BCUT2D eigenvalue weighted by Crippen LogP contribution is 2.26. The van der Waals surface area contributed by atoms with Gasteiger partial charge < -0.3 is 14.8 Å². The summed E-state index contributed by atoms with van der Waals surface area (Å²) in [5.41, 5.74) is 4.38. The van der Waals surface area contributed by atoms with E-state index in [4.69, 9.17) is 4.74 Å². The molecule has 2 aromatic heterocycles. The average molecular weight is 356 g/mol. The van der Waals surface area contributed by atoms with E-state index in [0.29, 0.717) is 11.4 Å². The minimum absolute atomic E-state index is 0.115. The van der Waals surface area contributed by atoms with Crippen LogP contribution >= 0.6 is 11.3 Å². The molecule has 1 atom stereocenters. The molecule has 0 amide bonds. The predicted octanol–water partition coefficient (Wildman–Crippen LogP) is 4.17. The van der Waals surface area contributed by atoms with Crippen LogP contribution in [0.1, 0.15) is 46.0 Å². The lowest BCUT2D eigenvalue weighted by atomic mass is 10.1. The molecule has 0 unspecified atom stereocenters. The number of benzene rings is 1. The number of H-pyrrole nitrogens is 1. The van der Waals surface area contributed by atoms with E-state index in [1.165, 1.54) is 11.3 Å². The van der Waals surface area contributed by atoms with Crippen LogP contribution < -0.4 is 0 Å². The Morgan fingerprint density at radius 3 is 2.68 bits per heavy atom. The number of thiazole rings is 1. The normalized spacial score (nSPS) is 12.2. The lowest BCUT2D eigenvalue weighted by Crippen LogP contribution is -2.08. The van der Waals surface area contributed by atoms with Gasteiger partial charge in [0, 0.05) is 22.2 Å². The standard InChI is InChI=1S/C19H20N2O3S/c1-11-16(13(3)22)12(2)20-17(11)19(23)24-9-15-10-25-18(21-15)14-7-5-4-6-8-14/h4-8,10,13,20,22H,9H2,1-3H3/t13-/m0/s1. The van der Waals surface area contributed by atoms with Gasteiger partial charge in [-0.25, -0.2) is 9.78 Å². The summed E-state index contributed by atoms with van der Waals surface area (Å²) in [6.07, 6.45) is -0.634. The maximum atomic E-state index is 12.3. The first-order chi connectivity index (χ1) is 12.0. The van der Waals surface area contributed by atoms with Crippen molar-refractivity contribution in [2.45, 2.75) is 33.5 Å². The number of carbonyl (C=O) groups is 1. The molecule has 130 valence electrons. The van der Waals surface area contributed by atoms with Gasteiger partial charge in [0.15, 0.2) is 0 Å². The molecule has 3 rings (SSSR count). The number of rotatable bonds is 5. The molecule has 25 heavy (non-hydrogen) atoms. The number of aliphatic hydroxyl groups excluding tert-OH is 1. The number of hydrogen-bond donors (Lipinski definition) is 2. The largest absolute Gasteiger partial charge is 0.454 e. The van der Waals surface area contributed by atoms with E-state index in [1.54, 1.807) is 13.8 Å². The summed E-state index contributed by atoms with van der Waals surface area (Å²) in [6, 6.07) is 9.88. The molecule has 0 aliphatic carbocycles. The highest BCUT2D eigenvalue weighted by molar-refractivity contribution is 7.13. The molecule has 5 nitrogen and oxygen atoms in total. The number of hydrogen-bond acceptors (Lipinski definition) is 5. The Labute approximate surface area is 150 Å². The summed E-state index contributed by atoms with van der Waals surface area (Å²) in [4.78, 5) is 19.9. The van der Waals surface area contributed by atoms with Crippen molar-refractivity contribution in [3.05, 3.63) is 63.9 Å². The van der Waals surface area contributed by atoms with Gasteiger partial charge in [-0.05, 0) is 26.3 Å². The second kappa shape index (κ2) is 7.21. The average Bonchev–Trinajstić information content (AvgIpc) is 3.18. The Kier molecular flexibility index (Phi) is 5.01. The van der Waals surface area contributed by atoms with Crippen molar-refractivity contribution in [3.8, 4) is 10.6 Å². The first kappa shape index (κ1) is 17.4. The molecule has 2 heterocycles. The molecule has 0 bridgehead atoms. The highest BCUT2D eigenvalue weighted by atomic mass is 32.1. The van der Waals surface area contributed by atoms with Gasteiger partial charge >= 0.3 is 5.97 Å². The van der Waals surface area contributed by atoms with Gasteiger partial charge in [0.1, 0.15) is 17.3 Å². The Morgan fingerprint density at radius 2 is 2.04 bits per heavy atom. The first-order valence-corrected chi connectivity index (χ1v) is 8.89. The smallest absolute Gasteiger partial charge is 0.355 e. The first-order valence-electron chi connectivity index (χ1n) is 8.01. The fraction of sp³-hybridized carbons (Fsp3) is 0.263. The lowest BCUT2D eigenvalue weighted by Gasteiger charge is -2.05. The zero-order valence-electron chi connectivity index (χ0n) is 14.4. The summed E-state index contributed by atoms with van der Waals surface area (Å²) in [7, 11) is 0. The minimum atomic E-state index is -0.634. The van der Waals surface area contributed by atoms with Crippen molar-refractivity contribution in [1.82, 2.24) is 9.97 Å². The van der Waals surface area contributed by atoms with Crippen molar-refractivity contribution in [3.63, 3.8) is 0 Å². The molecule has 0 saturated heterocycles. The van der Waals surface area contributed by atoms with Crippen molar-refractivity contribution in [2.24, 2.45) is 0 Å². The number of carbonyl (C=O) groups excluding carboxylic acids is 1. The van der Waals surface area contributed by atoms with Crippen LogP contribution in [0.2, 0.25) is 0 Å². The molecule has 0 spiro atoms. The molecule has 0 radical (unpaired) electrons. The molecule has 0 aliphatic rings. The maximum Gasteiger partial charge on any atom is 0.355 e. The number of nitrogens with one attached hydrogen (secondary N) is 1. The molecule has 0 fully saturated rings. The number of nitrogens with zero attached hydrogens (tertiary/aromatic N) is 1. The minimum Gasteiger partial charge on any atom is -0.454 e. The second-order valence-corrected chi connectivity index (χ2v) is 6.78. The summed E-state index contributed by atoms with van der Waals surface area (Å²) < 4.78 is 5.38. The fourth-order valence-corrected chi connectivity index (χ4v) is 3.70. The summed E-state index contributed by atoms with van der Waals surface area (Å²) in [5, 5.41) is 12.6. The number of esters is 1. The zero-order valence-corrected chi connectivity index (χ0v) is 15.2. The number of ether oxygens (including phenoxy) is 1. The van der Waals surface area contributed by atoms with Gasteiger partial charge in [-0.15, -0.1) is 11.3 Å². The van der Waals surface area contributed by atoms with Crippen molar-refractivity contribution in [1.29, 1.82) is 0 Å². The number of aromatic nitrogens is 2. The van der Waals surface area contributed by atoms with Crippen LogP contribution in [0.25, 0.3) is 10.6 Å². The Morgan fingerprint density at radius 1 is 1.32 bits per heavy atom. The number of aryl methyl sites for hydroxylation is 1. The van der Waals surface area contributed by atoms with E-state index in [1.807, 2.05) is 42.6 Å². The molecule has 0 aliphatic heterocycles. The van der Waals surface area contributed by atoms with Gasteiger partial charge in [0.05, 0.1) is 11.8 Å². The van der Waals surface area contributed by atoms with Crippen LogP contribution in [-0.4, -0.2) is 21.0 Å². The lowest BCUT2D eigenvalue weighted by molar-refractivity contribution is 0.0461. The van der Waals surface area contributed by atoms with Gasteiger partial charge in [-0.2, -0.15) is 0 Å². The molecule has 3 aromatic rings. The monoisotopic (exact) mass is 356 g/mol. The van der Waals surface area contributed by atoms with Crippen LogP contribution in [-0.2, 0) is 11.3 Å².